The summed E-state index contributed by atoms with van der Waals surface area (Å²) in [5.74, 6) is -0.834. The van der Waals surface area contributed by atoms with Crippen molar-refractivity contribution in [2.24, 2.45) is 5.73 Å². The Morgan fingerprint density at radius 2 is 2.08 bits per heavy atom. The molecule has 1 aromatic rings. The van der Waals surface area contributed by atoms with Crippen molar-refractivity contribution in [1.29, 1.82) is 0 Å². The van der Waals surface area contributed by atoms with Gasteiger partial charge in [-0.05, 0) is 0 Å². The molecule has 0 aromatic carbocycles. The molecule has 1 aliphatic rings. The minimum absolute atomic E-state index is 0.303. The van der Waals surface area contributed by atoms with Crippen molar-refractivity contribution >= 4 is 0 Å². The molecule has 0 spiro atoms. The molecule has 0 saturated heterocycles. The second-order valence-electron chi connectivity index (χ2n) is 2.89. The molecular weight excluding hydrogens is 166 g/mol. The third kappa shape index (κ3) is 0.842. The van der Waals surface area contributed by atoms with Gasteiger partial charge in [0.1, 0.15) is 12.3 Å². The summed E-state index contributed by atoms with van der Waals surface area (Å²) in [6.07, 6.45) is -1.30. The first kappa shape index (κ1) is 7.60. The van der Waals surface area contributed by atoms with Gasteiger partial charge in [-0.3, -0.25) is 5.10 Å². The van der Waals surface area contributed by atoms with Gasteiger partial charge in [-0.1, -0.05) is 5.21 Å². The number of hydrogen-bond acceptors (Lipinski definition) is 3. The average Bonchev–Trinajstić information content (AvgIpc) is 2.57. The van der Waals surface area contributed by atoms with Gasteiger partial charge < -0.3 is 5.73 Å². The van der Waals surface area contributed by atoms with Gasteiger partial charge in [0.25, 0.3) is 0 Å². The van der Waals surface area contributed by atoms with Crippen molar-refractivity contribution < 1.29 is 8.78 Å². The van der Waals surface area contributed by atoms with E-state index >= 15 is 0 Å². The molecule has 66 valence electrons. The van der Waals surface area contributed by atoms with Crippen LogP contribution in [0, 0.1) is 0 Å². The van der Waals surface area contributed by atoms with E-state index in [0.29, 0.717) is 5.69 Å². The molecule has 1 saturated carbocycles. The van der Waals surface area contributed by atoms with Gasteiger partial charge in [-0.2, -0.15) is 0 Å². The number of rotatable bonds is 1. The monoisotopic (exact) mass is 174 g/mol. The van der Waals surface area contributed by atoms with E-state index in [0.717, 1.165) is 0 Å². The van der Waals surface area contributed by atoms with E-state index < -0.39 is 24.3 Å². The zero-order valence-electron chi connectivity index (χ0n) is 6.11. The summed E-state index contributed by atoms with van der Waals surface area (Å²) < 4.78 is 25.9. The van der Waals surface area contributed by atoms with Gasteiger partial charge in [-0.15, -0.1) is 5.10 Å². The maximum atomic E-state index is 12.9. The van der Waals surface area contributed by atoms with Crippen molar-refractivity contribution in [1.82, 2.24) is 15.4 Å². The molecule has 2 atom stereocenters. The Labute approximate surface area is 67.1 Å². The van der Waals surface area contributed by atoms with Gasteiger partial charge >= 0.3 is 0 Å². The first-order valence-electron chi connectivity index (χ1n) is 3.62. The highest BCUT2D eigenvalue weighted by Gasteiger charge is 2.51. The smallest absolute Gasteiger partial charge is 0.129 e. The Morgan fingerprint density at radius 1 is 1.42 bits per heavy atom. The topological polar surface area (TPSA) is 67.6 Å². The molecule has 12 heavy (non-hydrogen) atoms. The summed E-state index contributed by atoms with van der Waals surface area (Å²) >= 11 is 0. The van der Waals surface area contributed by atoms with Crippen LogP contribution in [-0.4, -0.2) is 33.8 Å². The summed E-state index contributed by atoms with van der Waals surface area (Å²) in [7, 11) is 0. The van der Waals surface area contributed by atoms with E-state index in [1.807, 2.05) is 0 Å². The Morgan fingerprint density at radius 3 is 2.58 bits per heavy atom. The number of nitrogens with two attached hydrogens (primary N) is 1. The van der Waals surface area contributed by atoms with Gasteiger partial charge in [0.2, 0.25) is 0 Å². The number of hydrogen-bond donors (Lipinski definition) is 2. The lowest BCUT2D eigenvalue weighted by Gasteiger charge is -2.39. The molecule has 1 aromatic heterocycles. The molecule has 3 N–H and O–H groups in total. The van der Waals surface area contributed by atoms with Crippen molar-refractivity contribution in [2.45, 2.75) is 24.3 Å². The summed E-state index contributed by atoms with van der Waals surface area (Å²) in [6, 6.07) is -1.01. The van der Waals surface area contributed by atoms with Gasteiger partial charge in [0, 0.05) is 6.20 Å². The molecule has 0 amide bonds. The van der Waals surface area contributed by atoms with Crippen molar-refractivity contribution in [3.05, 3.63) is 11.9 Å². The zero-order valence-corrected chi connectivity index (χ0v) is 6.11. The molecular formula is C6H8F2N4. The molecule has 1 fully saturated rings. The number of alkyl halides is 2. The van der Waals surface area contributed by atoms with Crippen LogP contribution < -0.4 is 5.73 Å². The fourth-order valence-electron chi connectivity index (χ4n) is 1.38. The predicted molar refractivity (Wildman–Crippen MR) is 36.9 cm³/mol. The predicted octanol–water partition coefficient (Wildman–Crippen LogP) is -0.0946. The molecule has 0 aliphatic heterocycles. The highest BCUT2D eigenvalue weighted by Crippen LogP contribution is 2.39. The third-order valence-corrected chi connectivity index (χ3v) is 2.20. The second kappa shape index (κ2) is 2.48. The summed E-state index contributed by atoms with van der Waals surface area (Å²) in [5, 5.41) is 9.30. The van der Waals surface area contributed by atoms with Crippen LogP contribution in [0.5, 0.6) is 0 Å². The number of aromatic amines is 1. The van der Waals surface area contributed by atoms with E-state index in [1.54, 1.807) is 0 Å². The fraction of sp³-hybridized carbons (Fsp3) is 0.667. The molecule has 1 heterocycles. The third-order valence-electron chi connectivity index (χ3n) is 2.20. The number of nitrogens with zero attached hydrogens (tertiary/aromatic N) is 2. The lowest BCUT2D eigenvalue weighted by Crippen LogP contribution is -2.58. The number of halogens is 2. The van der Waals surface area contributed by atoms with Crippen LogP contribution in [0.2, 0.25) is 0 Å². The minimum atomic E-state index is -1.34. The largest absolute Gasteiger partial charge is 0.323 e. The highest BCUT2D eigenvalue weighted by atomic mass is 19.2. The molecule has 1 aliphatic carbocycles. The SMILES string of the molecule is NC1C(F)C(c2c[nH]nn2)C1F. The van der Waals surface area contributed by atoms with Crippen LogP contribution in [-0.2, 0) is 0 Å². The van der Waals surface area contributed by atoms with Gasteiger partial charge in [0.15, 0.2) is 0 Å². The van der Waals surface area contributed by atoms with Gasteiger partial charge in [0.05, 0.1) is 17.7 Å². The van der Waals surface area contributed by atoms with E-state index in [4.69, 9.17) is 5.73 Å². The highest BCUT2D eigenvalue weighted by molar-refractivity contribution is 5.19. The Balaban J connectivity index is 2.17. The van der Waals surface area contributed by atoms with E-state index in [1.165, 1.54) is 6.20 Å². The van der Waals surface area contributed by atoms with E-state index in [-0.39, 0.29) is 0 Å². The summed E-state index contributed by atoms with van der Waals surface area (Å²) in [6.45, 7) is 0. The molecule has 4 nitrogen and oxygen atoms in total. The van der Waals surface area contributed by atoms with Crippen LogP contribution in [0.25, 0.3) is 0 Å². The number of H-pyrrole nitrogens is 1. The van der Waals surface area contributed by atoms with Crippen LogP contribution >= 0.6 is 0 Å². The lowest BCUT2D eigenvalue weighted by molar-refractivity contribution is 0.0244. The molecule has 2 unspecified atom stereocenters. The zero-order chi connectivity index (χ0) is 8.72. The summed E-state index contributed by atoms with van der Waals surface area (Å²) in [5.41, 5.74) is 5.46. The quantitative estimate of drug-likeness (QED) is 0.625. The molecule has 0 bridgehead atoms. The molecule has 2 rings (SSSR count). The first-order valence-corrected chi connectivity index (χ1v) is 3.62. The Bertz CT molecular complexity index is 253. The maximum absolute atomic E-state index is 12.9. The Hall–Kier alpha value is -1.04. The first-order chi connectivity index (χ1) is 5.72. The number of aromatic nitrogens is 3. The van der Waals surface area contributed by atoms with Crippen LogP contribution in [0.15, 0.2) is 6.20 Å². The van der Waals surface area contributed by atoms with E-state index in [2.05, 4.69) is 15.4 Å². The lowest BCUT2D eigenvalue weighted by atomic mass is 9.75. The number of nitrogens with one attached hydrogen (secondary N) is 1. The van der Waals surface area contributed by atoms with E-state index in [9.17, 15) is 8.78 Å². The van der Waals surface area contributed by atoms with Crippen molar-refractivity contribution in [3.63, 3.8) is 0 Å². The molecule has 0 radical (unpaired) electrons. The van der Waals surface area contributed by atoms with Gasteiger partial charge in [-0.25, -0.2) is 8.78 Å². The van der Waals surface area contributed by atoms with Crippen LogP contribution in [0.1, 0.15) is 11.6 Å². The van der Waals surface area contributed by atoms with Crippen LogP contribution in [0.3, 0.4) is 0 Å². The standard InChI is InChI=1S/C6H8F2N4/c7-4-3(5(8)6(4)9)2-1-10-12-11-2/h1,3-6H,9H2,(H,10,11,12). The summed E-state index contributed by atoms with van der Waals surface area (Å²) in [4.78, 5) is 0. The maximum Gasteiger partial charge on any atom is 0.129 e. The van der Waals surface area contributed by atoms with Crippen LogP contribution in [0.4, 0.5) is 8.78 Å². The minimum Gasteiger partial charge on any atom is -0.323 e. The normalized spacial score (nSPS) is 40.9. The molecule has 6 heteroatoms. The van der Waals surface area contributed by atoms with Crippen molar-refractivity contribution in [3.8, 4) is 0 Å². The Kier molecular flexibility index (Phi) is 1.57. The van der Waals surface area contributed by atoms with Crippen molar-refractivity contribution in [2.75, 3.05) is 0 Å². The second-order valence-corrected chi connectivity index (χ2v) is 2.89. The average molecular weight is 174 g/mol. The fourth-order valence-corrected chi connectivity index (χ4v) is 1.38.